The molecule has 0 spiro atoms. The number of benzene rings is 2. The lowest BCUT2D eigenvalue weighted by atomic mass is 10.0. The van der Waals surface area contributed by atoms with E-state index < -0.39 is 36.3 Å². The van der Waals surface area contributed by atoms with Gasteiger partial charge in [0.2, 0.25) is 5.95 Å². The summed E-state index contributed by atoms with van der Waals surface area (Å²) in [6.45, 7) is 7.97. The summed E-state index contributed by atoms with van der Waals surface area (Å²) in [6.07, 6.45) is -1.98. The van der Waals surface area contributed by atoms with E-state index in [4.69, 9.17) is 28.9 Å². The number of anilines is 2. The summed E-state index contributed by atoms with van der Waals surface area (Å²) < 4.78 is 23.2. The molecule has 0 aliphatic carbocycles. The number of rotatable bonds is 7. The van der Waals surface area contributed by atoms with E-state index in [0.29, 0.717) is 31.7 Å². The van der Waals surface area contributed by atoms with Gasteiger partial charge in [-0.3, -0.25) is 14.9 Å². The van der Waals surface area contributed by atoms with Crippen LogP contribution in [0, 0.1) is 0 Å². The molecule has 46 heavy (non-hydrogen) atoms. The molecule has 11 nitrogen and oxygen atoms in total. The zero-order valence-corrected chi connectivity index (χ0v) is 27.1. The number of fused-ring (bicyclic) bond motifs is 2. The minimum Gasteiger partial charge on any atom is -0.353 e. The summed E-state index contributed by atoms with van der Waals surface area (Å²) in [6, 6.07) is 20.0. The van der Waals surface area contributed by atoms with Crippen molar-refractivity contribution in [3.8, 4) is 11.1 Å². The molecule has 3 aliphatic heterocycles. The zero-order chi connectivity index (χ0) is 32.0. The van der Waals surface area contributed by atoms with Crippen LogP contribution in [0.5, 0.6) is 0 Å². The van der Waals surface area contributed by atoms with Crippen molar-refractivity contribution >= 4 is 45.1 Å². The second kappa shape index (κ2) is 12.3. The number of ether oxygens (including phenoxy) is 4. The zero-order valence-electron chi connectivity index (χ0n) is 26.3. The summed E-state index contributed by atoms with van der Waals surface area (Å²) in [5.41, 5.74) is 2.86. The normalized spacial score (nSPS) is 23.9. The summed E-state index contributed by atoms with van der Waals surface area (Å²) in [7, 11) is 1.51. The van der Waals surface area contributed by atoms with E-state index >= 15 is 0 Å². The first-order chi connectivity index (χ1) is 22.2. The Kier molecular flexibility index (Phi) is 8.24. The van der Waals surface area contributed by atoms with Gasteiger partial charge in [0, 0.05) is 43.7 Å². The molecular formula is C34H37N5O6S. The lowest BCUT2D eigenvalue weighted by Gasteiger charge is -2.35. The van der Waals surface area contributed by atoms with Crippen molar-refractivity contribution < 1.29 is 28.5 Å². The average Bonchev–Trinajstić information content (AvgIpc) is 3.74. The maximum atomic E-state index is 13.5. The van der Waals surface area contributed by atoms with Crippen LogP contribution in [0.3, 0.4) is 0 Å². The van der Waals surface area contributed by atoms with Crippen molar-refractivity contribution in [3.05, 3.63) is 71.1 Å². The second-order valence-corrected chi connectivity index (χ2v) is 13.2. The number of nitrogens with one attached hydrogen (secondary N) is 1. The molecule has 7 rings (SSSR count). The van der Waals surface area contributed by atoms with E-state index in [1.54, 1.807) is 25.2 Å². The van der Waals surface area contributed by atoms with Crippen LogP contribution in [0.15, 0.2) is 60.7 Å². The molecule has 2 aromatic heterocycles. The second-order valence-electron chi connectivity index (χ2n) is 12.1. The topological polar surface area (TPSA) is 115 Å². The van der Waals surface area contributed by atoms with E-state index in [0.717, 1.165) is 33.6 Å². The van der Waals surface area contributed by atoms with Gasteiger partial charge in [0.25, 0.3) is 11.8 Å². The van der Waals surface area contributed by atoms with Gasteiger partial charge in [0.15, 0.2) is 18.2 Å². The number of hydrogen-bond acceptors (Lipinski definition) is 10. The monoisotopic (exact) mass is 643 g/mol. The molecule has 240 valence electrons. The van der Waals surface area contributed by atoms with Crippen LogP contribution in [0.25, 0.3) is 21.3 Å². The molecule has 3 aliphatic rings. The molecule has 1 N–H and O–H groups in total. The number of hydrogen-bond donors (Lipinski definition) is 1. The van der Waals surface area contributed by atoms with Crippen LogP contribution in [-0.2, 0) is 30.2 Å². The third-order valence-electron chi connectivity index (χ3n) is 8.61. The molecule has 0 radical (unpaired) electrons. The number of nitrogens with zero attached hydrogens (tertiary/aromatic N) is 4. The van der Waals surface area contributed by atoms with E-state index in [1.807, 2.05) is 47.4 Å². The van der Waals surface area contributed by atoms with E-state index in [9.17, 15) is 9.59 Å². The van der Waals surface area contributed by atoms with Crippen molar-refractivity contribution in [2.45, 2.75) is 57.6 Å². The van der Waals surface area contributed by atoms with Crippen molar-refractivity contribution in [2.75, 3.05) is 43.5 Å². The summed E-state index contributed by atoms with van der Waals surface area (Å²) in [5.74, 6) is -0.360. The Morgan fingerprint density at radius 2 is 1.67 bits per heavy atom. The molecule has 3 fully saturated rings. The van der Waals surface area contributed by atoms with Gasteiger partial charge in [-0.05, 0) is 49.6 Å². The third kappa shape index (κ3) is 5.87. The minimum atomic E-state index is -0.953. The van der Waals surface area contributed by atoms with Gasteiger partial charge in [-0.25, -0.2) is 4.98 Å². The number of thiophene rings is 1. The smallest absolute Gasteiger partial charge is 0.258 e. The molecular weight excluding hydrogens is 606 g/mol. The highest BCUT2D eigenvalue weighted by Crippen LogP contribution is 2.39. The van der Waals surface area contributed by atoms with Crippen LogP contribution in [-0.4, -0.2) is 90.4 Å². The van der Waals surface area contributed by atoms with Crippen LogP contribution >= 0.6 is 11.3 Å². The van der Waals surface area contributed by atoms with Gasteiger partial charge >= 0.3 is 0 Å². The maximum Gasteiger partial charge on any atom is 0.258 e. The predicted molar refractivity (Wildman–Crippen MR) is 175 cm³/mol. The molecule has 12 heteroatoms. The van der Waals surface area contributed by atoms with Crippen LogP contribution in [0.1, 0.15) is 36.0 Å². The maximum absolute atomic E-state index is 13.5. The van der Waals surface area contributed by atoms with Crippen LogP contribution < -0.4 is 10.2 Å². The Morgan fingerprint density at radius 1 is 0.978 bits per heavy atom. The molecule has 4 unspecified atom stereocenters. The number of carbonyl (C=O) groups excluding carboxylic acids is 2. The molecule has 4 atom stereocenters. The molecule has 3 saturated heterocycles. The number of carbonyl (C=O) groups is 2. The van der Waals surface area contributed by atoms with Crippen LogP contribution in [0.4, 0.5) is 11.8 Å². The molecule has 0 saturated carbocycles. The van der Waals surface area contributed by atoms with E-state index in [1.165, 1.54) is 12.0 Å². The summed E-state index contributed by atoms with van der Waals surface area (Å²) >= 11 is 1.58. The van der Waals surface area contributed by atoms with Gasteiger partial charge in [0.1, 0.15) is 22.9 Å². The Morgan fingerprint density at radius 3 is 2.37 bits per heavy atom. The average molecular weight is 644 g/mol. The minimum absolute atomic E-state index is 0.00868. The first-order valence-corrected chi connectivity index (χ1v) is 16.4. The quantitative estimate of drug-likeness (QED) is 0.306. The predicted octanol–water partition coefficient (Wildman–Crippen LogP) is 4.71. The molecule has 5 heterocycles. The Balaban J connectivity index is 1.07. The highest BCUT2D eigenvalue weighted by Gasteiger charge is 2.58. The van der Waals surface area contributed by atoms with Crippen molar-refractivity contribution in [1.82, 2.24) is 14.9 Å². The molecule has 4 aromatic rings. The number of amides is 2. The highest BCUT2D eigenvalue weighted by atomic mass is 32.1. The molecule has 0 bridgehead atoms. The number of piperazine rings is 1. The van der Waals surface area contributed by atoms with Gasteiger partial charge in [0.05, 0.1) is 5.39 Å². The van der Waals surface area contributed by atoms with Crippen molar-refractivity contribution in [1.29, 1.82) is 0 Å². The van der Waals surface area contributed by atoms with Gasteiger partial charge < -0.3 is 28.7 Å². The fourth-order valence-corrected chi connectivity index (χ4v) is 7.27. The molecule has 2 amide bonds. The van der Waals surface area contributed by atoms with Gasteiger partial charge in [-0.15, -0.1) is 11.3 Å². The number of methoxy groups -OCH3 is 1. The van der Waals surface area contributed by atoms with Crippen molar-refractivity contribution in [2.24, 2.45) is 0 Å². The summed E-state index contributed by atoms with van der Waals surface area (Å²) in [4.78, 5) is 42.4. The third-order valence-corrected chi connectivity index (χ3v) is 9.79. The van der Waals surface area contributed by atoms with E-state index in [2.05, 4.69) is 35.3 Å². The first kappa shape index (κ1) is 30.7. The molecule has 2 aromatic carbocycles. The lowest BCUT2D eigenvalue weighted by molar-refractivity contribution is -0.224. The number of aromatic nitrogens is 2. The largest absolute Gasteiger partial charge is 0.353 e. The Bertz CT molecular complexity index is 1740. The fraction of sp³-hybridized carbons (Fsp3) is 0.412. The Labute approximate surface area is 271 Å². The lowest BCUT2D eigenvalue weighted by Crippen LogP contribution is -2.49. The van der Waals surface area contributed by atoms with Crippen LogP contribution in [0.2, 0.25) is 0 Å². The fourth-order valence-electron chi connectivity index (χ4n) is 6.31. The van der Waals surface area contributed by atoms with Gasteiger partial charge in [-0.1, -0.05) is 49.4 Å². The summed E-state index contributed by atoms with van der Waals surface area (Å²) in [5, 5.41) is 3.80. The standard InChI is InChI=1S/C34H37N5O6S/c1-5-23-19-24-28(38-15-17-39(18-16-38)31(41)22-13-11-21(12-14-22)20-9-7-6-8-10-20)35-33(37-30(24)46-23)36-29(40)26-25-27(32(42-4)43-26)45-34(2,3)44-25/h6-14,19,25-27,32H,5,15-18H2,1-4H3,(H,35,36,37,40). The van der Waals surface area contributed by atoms with Crippen molar-refractivity contribution in [3.63, 3.8) is 0 Å². The Hall–Kier alpha value is -3.94. The van der Waals surface area contributed by atoms with Gasteiger partial charge in [-0.2, -0.15) is 4.98 Å². The highest BCUT2D eigenvalue weighted by molar-refractivity contribution is 7.18. The van der Waals surface area contributed by atoms with E-state index in [-0.39, 0.29) is 11.9 Å². The number of aryl methyl sites for hydroxylation is 1. The first-order valence-electron chi connectivity index (χ1n) is 15.6. The SMILES string of the molecule is CCc1cc2c(N3CCN(C(=O)c4ccc(-c5ccccc5)cc4)CC3)nc(NC(=O)C3OC(OC)C4OC(C)(C)OC34)nc2s1.